The van der Waals surface area contributed by atoms with Gasteiger partial charge in [-0.15, -0.1) is 0 Å². The monoisotopic (exact) mass is 385 g/mol. The van der Waals surface area contributed by atoms with Crippen molar-refractivity contribution < 1.29 is 19.4 Å². The number of methoxy groups -OCH3 is 1. The molecule has 7 nitrogen and oxygen atoms in total. The van der Waals surface area contributed by atoms with Gasteiger partial charge in [0.1, 0.15) is 11.3 Å². The van der Waals surface area contributed by atoms with Gasteiger partial charge in [-0.25, -0.2) is 5.43 Å². The van der Waals surface area contributed by atoms with Gasteiger partial charge in [0, 0.05) is 28.2 Å². The fourth-order valence-electron chi connectivity index (χ4n) is 2.39. The molecule has 0 unspecified atom stereocenters. The Bertz CT molecular complexity index is 1000. The van der Waals surface area contributed by atoms with Crippen molar-refractivity contribution in [3.05, 3.63) is 59.2 Å². The fourth-order valence-corrected chi connectivity index (χ4v) is 2.61. The zero-order valence-corrected chi connectivity index (χ0v) is 15.1. The second-order valence-corrected chi connectivity index (χ2v) is 5.90. The maximum absolute atomic E-state index is 11.9. The molecular formula is C19H16ClN3O4. The molecule has 27 heavy (non-hydrogen) atoms. The Labute approximate surface area is 160 Å². The highest BCUT2D eigenvalue weighted by molar-refractivity contribution is 6.31. The lowest BCUT2D eigenvalue weighted by Crippen LogP contribution is -2.24. The minimum absolute atomic E-state index is 0.127. The lowest BCUT2D eigenvalue weighted by atomic mass is 10.2. The molecule has 0 spiro atoms. The van der Waals surface area contributed by atoms with Crippen LogP contribution in [0.15, 0.2) is 53.8 Å². The number of nitrogens with one attached hydrogen (secondary N) is 1. The molecule has 2 aromatic carbocycles. The number of rotatable bonds is 6. The lowest BCUT2D eigenvalue weighted by molar-refractivity contribution is -0.123. The first-order chi connectivity index (χ1) is 13.1. The van der Waals surface area contributed by atoms with E-state index in [-0.39, 0.29) is 18.1 Å². The minimum Gasteiger partial charge on any atom is -0.504 e. The number of benzene rings is 2. The molecule has 0 aliphatic heterocycles. The number of hydrazone groups is 1. The zero-order chi connectivity index (χ0) is 19.2. The van der Waals surface area contributed by atoms with Gasteiger partial charge in [0.2, 0.25) is 0 Å². The average Bonchev–Trinajstić information content (AvgIpc) is 2.68. The quantitative estimate of drug-likeness (QED) is 0.502. The first-order valence-corrected chi connectivity index (χ1v) is 8.31. The molecule has 0 aliphatic carbocycles. The van der Waals surface area contributed by atoms with Gasteiger partial charge in [0.15, 0.2) is 18.1 Å². The Hall–Kier alpha value is -3.32. The predicted molar refractivity (Wildman–Crippen MR) is 103 cm³/mol. The highest BCUT2D eigenvalue weighted by Crippen LogP contribution is 2.32. The summed E-state index contributed by atoms with van der Waals surface area (Å²) in [4.78, 5) is 16.2. The number of nitrogens with zero attached hydrogens (tertiary/aromatic N) is 2. The van der Waals surface area contributed by atoms with E-state index >= 15 is 0 Å². The van der Waals surface area contributed by atoms with Crippen molar-refractivity contribution in [2.24, 2.45) is 5.10 Å². The van der Waals surface area contributed by atoms with Crippen LogP contribution >= 0.6 is 11.6 Å². The van der Waals surface area contributed by atoms with E-state index in [1.807, 2.05) is 24.3 Å². The van der Waals surface area contributed by atoms with E-state index in [0.29, 0.717) is 21.9 Å². The van der Waals surface area contributed by atoms with Crippen LogP contribution in [0.3, 0.4) is 0 Å². The standard InChI is InChI=1S/C19H16ClN3O4/c1-26-16-9-14(20)8-13(19(16)25)10-22-23-17(24)11-27-15-6-2-4-12-5-3-7-21-18(12)15/h2-10,25H,11H2,1H3,(H,23,24)/b22-10+. The minimum atomic E-state index is -0.465. The molecule has 0 saturated heterocycles. The summed E-state index contributed by atoms with van der Waals surface area (Å²) in [6.07, 6.45) is 2.92. The molecule has 0 bridgehead atoms. The van der Waals surface area contributed by atoms with Crippen molar-refractivity contribution in [1.29, 1.82) is 0 Å². The third kappa shape index (κ3) is 4.45. The fraction of sp³-hybridized carbons (Fsp3) is 0.105. The Kier molecular flexibility index (Phi) is 5.73. The smallest absolute Gasteiger partial charge is 0.277 e. The number of carbonyl (C=O) groups is 1. The van der Waals surface area contributed by atoms with Crippen molar-refractivity contribution in [3.63, 3.8) is 0 Å². The molecule has 138 valence electrons. The summed E-state index contributed by atoms with van der Waals surface area (Å²) in [5, 5.41) is 15.1. The Morgan fingerprint density at radius 2 is 2.11 bits per heavy atom. The third-order valence-corrected chi connectivity index (χ3v) is 3.85. The SMILES string of the molecule is COc1cc(Cl)cc(/C=N/NC(=O)COc2cccc3cccnc23)c1O. The van der Waals surface area contributed by atoms with Crippen molar-refractivity contribution >= 4 is 34.6 Å². The molecule has 8 heteroatoms. The molecule has 1 heterocycles. The van der Waals surface area contributed by atoms with Gasteiger partial charge >= 0.3 is 0 Å². The Balaban J connectivity index is 1.62. The largest absolute Gasteiger partial charge is 0.504 e. The van der Waals surface area contributed by atoms with E-state index in [2.05, 4.69) is 15.5 Å². The Morgan fingerprint density at radius 3 is 2.93 bits per heavy atom. The summed E-state index contributed by atoms with van der Waals surface area (Å²) in [5.74, 6) is 0.122. The van der Waals surface area contributed by atoms with Crippen LogP contribution in [0.5, 0.6) is 17.2 Å². The molecular weight excluding hydrogens is 370 g/mol. The van der Waals surface area contributed by atoms with E-state index in [1.165, 1.54) is 25.5 Å². The van der Waals surface area contributed by atoms with Crippen LogP contribution < -0.4 is 14.9 Å². The number of amides is 1. The number of hydrogen-bond donors (Lipinski definition) is 2. The lowest BCUT2D eigenvalue weighted by Gasteiger charge is -2.08. The third-order valence-electron chi connectivity index (χ3n) is 3.64. The van der Waals surface area contributed by atoms with Crippen LogP contribution in [0.25, 0.3) is 10.9 Å². The topological polar surface area (TPSA) is 93.0 Å². The number of hydrogen-bond acceptors (Lipinski definition) is 6. The average molecular weight is 386 g/mol. The summed E-state index contributed by atoms with van der Waals surface area (Å²) in [5.41, 5.74) is 3.30. The molecule has 3 rings (SSSR count). The van der Waals surface area contributed by atoms with Crippen molar-refractivity contribution in [3.8, 4) is 17.2 Å². The molecule has 0 aliphatic rings. The first-order valence-electron chi connectivity index (χ1n) is 7.93. The normalized spacial score (nSPS) is 10.9. The van der Waals surface area contributed by atoms with E-state index in [0.717, 1.165) is 5.39 Å². The van der Waals surface area contributed by atoms with Crippen LogP contribution in [-0.2, 0) is 4.79 Å². The second-order valence-electron chi connectivity index (χ2n) is 5.46. The predicted octanol–water partition coefficient (Wildman–Crippen LogP) is 3.13. The summed E-state index contributed by atoms with van der Waals surface area (Å²) in [6.45, 7) is -0.238. The Morgan fingerprint density at radius 1 is 1.30 bits per heavy atom. The number of fused-ring (bicyclic) bond motifs is 1. The van der Waals surface area contributed by atoms with E-state index in [4.69, 9.17) is 21.1 Å². The highest BCUT2D eigenvalue weighted by Gasteiger charge is 2.09. The van der Waals surface area contributed by atoms with Crippen LogP contribution in [-0.4, -0.2) is 35.9 Å². The van der Waals surface area contributed by atoms with Gasteiger partial charge in [-0.3, -0.25) is 9.78 Å². The molecule has 2 N–H and O–H groups in total. The first kappa shape index (κ1) is 18.5. The second kappa shape index (κ2) is 8.37. The summed E-state index contributed by atoms with van der Waals surface area (Å²) < 4.78 is 10.5. The van der Waals surface area contributed by atoms with Crippen molar-refractivity contribution in [2.45, 2.75) is 0 Å². The van der Waals surface area contributed by atoms with Gasteiger partial charge in [0.25, 0.3) is 5.91 Å². The van der Waals surface area contributed by atoms with Gasteiger partial charge < -0.3 is 14.6 Å². The molecule has 0 fully saturated rings. The van der Waals surface area contributed by atoms with Crippen LogP contribution in [0.4, 0.5) is 0 Å². The van der Waals surface area contributed by atoms with Crippen molar-refractivity contribution in [2.75, 3.05) is 13.7 Å². The van der Waals surface area contributed by atoms with E-state index in [9.17, 15) is 9.90 Å². The number of pyridine rings is 1. The number of halogens is 1. The molecule has 0 radical (unpaired) electrons. The maximum atomic E-state index is 11.9. The number of phenols is 1. The highest BCUT2D eigenvalue weighted by atomic mass is 35.5. The summed E-state index contributed by atoms with van der Waals surface area (Å²) in [7, 11) is 1.41. The van der Waals surface area contributed by atoms with Gasteiger partial charge in [0.05, 0.1) is 13.3 Å². The van der Waals surface area contributed by atoms with E-state index < -0.39 is 5.91 Å². The number of phenolic OH excluding ortho intramolecular Hbond substituents is 1. The molecule has 0 saturated carbocycles. The van der Waals surface area contributed by atoms with Crippen molar-refractivity contribution in [1.82, 2.24) is 10.4 Å². The zero-order valence-electron chi connectivity index (χ0n) is 14.3. The number of para-hydroxylation sites is 1. The van der Waals surface area contributed by atoms with Gasteiger partial charge in [-0.05, 0) is 18.2 Å². The number of aromatic hydroxyl groups is 1. The molecule has 1 aromatic heterocycles. The molecule has 3 aromatic rings. The molecule has 0 atom stereocenters. The van der Waals surface area contributed by atoms with Gasteiger partial charge in [-0.2, -0.15) is 5.10 Å². The van der Waals surface area contributed by atoms with Crippen LogP contribution in [0.2, 0.25) is 5.02 Å². The van der Waals surface area contributed by atoms with Crippen LogP contribution in [0.1, 0.15) is 5.56 Å². The van der Waals surface area contributed by atoms with Crippen LogP contribution in [0, 0.1) is 0 Å². The van der Waals surface area contributed by atoms with E-state index in [1.54, 1.807) is 12.3 Å². The number of carbonyl (C=O) groups excluding carboxylic acids is 1. The molecule has 1 amide bonds. The maximum Gasteiger partial charge on any atom is 0.277 e. The van der Waals surface area contributed by atoms with Gasteiger partial charge in [-0.1, -0.05) is 29.8 Å². The number of ether oxygens (including phenoxy) is 2. The summed E-state index contributed by atoms with van der Waals surface area (Å²) >= 11 is 5.94. The summed E-state index contributed by atoms with van der Waals surface area (Å²) in [6, 6.07) is 12.2. The number of aromatic nitrogens is 1.